The van der Waals surface area contributed by atoms with Crippen molar-refractivity contribution in [2.45, 2.75) is 83.1 Å². The highest BCUT2D eigenvalue weighted by atomic mass is 32.1. The average Bonchev–Trinajstić information content (AvgIpc) is 1.27. The minimum Gasteiger partial charge on any atom is -0.309 e. The molecule has 708 valence electrons. The fraction of sp³-hybridized carbons (Fsp3) is 0.0857. The number of rotatable bonds is 16. The van der Waals surface area contributed by atoms with Crippen LogP contribution in [-0.2, 0) is 0 Å². The lowest BCUT2D eigenvalue weighted by atomic mass is 9.88. The minimum atomic E-state index is 1.13. The highest BCUT2D eigenvalue weighted by Gasteiger charge is 2.33. The van der Waals surface area contributed by atoms with Gasteiger partial charge in [-0.25, -0.2) is 0 Å². The fourth-order valence-electron chi connectivity index (χ4n) is 25.2. The van der Waals surface area contributed by atoms with Gasteiger partial charge in [-0.1, -0.05) is 315 Å². The predicted molar refractivity (Wildman–Crippen MR) is 649 cm³/mol. The first kappa shape index (κ1) is 90.2. The van der Waals surface area contributed by atoms with E-state index >= 15 is 0 Å². The second kappa shape index (κ2) is 35.7. The molecular formula is C140H104N4S4. The van der Waals surface area contributed by atoms with Crippen molar-refractivity contribution in [2.24, 2.45) is 0 Å². The van der Waals surface area contributed by atoms with E-state index in [4.69, 9.17) is 0 Å². The van der Waals surface area contributed by atoms with Crippen LogP contribution in [0.25, 0.3) is 190 Å². The number of hydrogen-bond acceptors (Lipinski definition) is 8. The van der Waals surface area contributed by atoms with E-state index in [1.807, 2.05) is 45.3 Å². The Morgan fingerprint density at radius 1 is 0.162 bits per heavy atom. The molecule has 0 unspecified atom stereocenters. The van der Waals surface area contributed by atoms with E-state index in [1.54, 1.807) is 0 Å². The van der Waals surface area contributed by atoms with Gasteiger partial charge in [0.1, 0.15) is 0 Å². The minimum absolute atomic E-state index is 1.13. The molecule has 0 N–H and O–H groups in total. The maximum absolute atomic E-state index is 2.55. The molecule has 4 heterocycles. The van der Waals surface area contributed by atoms with E-state index < -0.39 is 0 Å². The largest absolute Gasteiger partial charge is 0.309 e. The van der Waals surface area contributed by atoms with Crippen LogP contribution < -0.4 is 19.6 Å². The number of aryl methyl sites for hydroxylation is 8. The first-order valence-electron chi connectivity index (χ1n) is 51.3. The molecule has 4 nitrogen and oxygen atoms in total. The number of benzene rings is 24. The van der Waals surface area contributed by atoms with Gasteiger partial charge in [0.05, 0.1) is 45.5 Å². The Morgan fingerprint density at radius 2 is 0.419 bits per heavy atom. The molecule has 0 saturated heterocycles. The maximum Gasteiger partial charge on any atom is 0.0540 e. The molecule has 0 aliphatic carbocycles. The number of anilines is 12. The fourth-order valence-corrected chi connectivity index (χ4v) is 30.1. The van der Waals surface area contributed by atoms with Crippen molar-refractivity contribution < 1.29 is 0 Å². The molecule has 0 bridgehead atoms. The summed E-state index contributed by atoms with van der Waals surface area (Å²) in [5.74, 6) is 0. The lowest BCUT2D eigenvalue weighted by Gasteiger charge is -2.33. The quantitative estimate of drug-likeness (QED) is 0.0894. The zero-order valence-electron chi connectivity index (χ0n) is 84.7. The van der Waals surface area contributed by atoms with Gasteiger partial charge in [0, 0.05) is 136 Å². The van der Waals surface area contributed by atoms with Crippen LogP contribution in [-0.4, -0.2) is 0 Å². The van der Waals surface area contributed by atoms with Crippen molar-refractivity contribution in [1.82, 2.24) is 0 Å². The lowest BCUT2D eigenvalue weighted by molar-refractivity contribution is 1.21. The van der Waals surface area contributed by atoms with E-state index in [1.165, 1.54) is 279 Å². The van der Waals surface area contributed by atoms with Crippen LogP contribution in [0.3, 0.4) is 0 Å². The van der Waals surface area contributed by atoms with Crippen molar-refractivity contribution in [2.75, 3.05) is 19.6 Å². The molecule has 0 amide bonds. The van der Waals surface area contributed by atoms with Gasteiger partial charge in [-0.2, -0.15) is 0 Å². The summed E-state index contributed by atoms with van der Waals surface area (Å²) in [6.07, 6.45) is 0. The molecule has 148 heavy (non-hydrogen) atoms. The molecule has 0 atom stereocenters. The summed E-state index contributed by atoms with van der Waals surface area (Å²) in [5.41, 5.74) is 39.4. The molecule has 0 fully saturated rings. The lowest BCUT2D eigenvalue weighted by Crippen LogP contribution is -2.15. The van der Waals surface area contributed by atoms with Crippen molar-refractivity contribution >= 4 is 259 Å². The van der Waals surface area contributed by atoms with Crippen molar-refractivity contribution in [3.8, 4) is 44.5 Å². The Morgan fingerprint density at radius 3 is 0.736 bits per heavy atom. The van der Waals surface area contributed by atoms with Crippen LogP contribution in [0.5, 0.6) is 0 Å². The summed E-state index contributed by atoms with van der Waals surface area (Å²) in [6, 6.07) is 155. The number of nitrogens with zero attached hydrogens (tertiary/aromatic N) is 4. The van der Waals surface area contributed by atoms with Gasteiger partial charge in [0.2, 0.25) is 0 Å². The molecule has 8 heteroatoms. The monoisotopic (exact) mass is 1970 g/mol. The number of hydrogen-bond donors (Lipinski definition) is 0. The highest BCUT2D eigenvalue weighted by molar-refractivity contribution is 7.27. The first-order chi connectivity index (χ1) is 72.4. The molecule has 0 saturated carbocycles. The molecule has 24 aromatic carbocycles. The summed E-state index contributed by atoms with van der Waals surface area (Å²) in [4.78, 5) is 10.2. The molecule has 4 aromatic heterocycles. The normalized spacial score (nSPS) is 11.9. The van der Waals surface area contributed by atoms with Crippen LogP contribution in [0.2, 0.25) is 0 Å². The third-order valence-corrected chi connectivity index (χ3v) is 36.4. The van der Waals surface area contributed by atoms with Gasteiger partial charge in [0.25, 0.3) is 0 Å². The first-order valence-corrected chi connectivity index (χ1v) is 54.6. The van der Waals surface area contributed by atoms with Crippen molar-refractivity contribution in [1.29, 1.82) is 0 Å². The van der Waals surface area contributed by atoms with Gasteiger partial charge >= 0.3 is 0 Å². The number of thiophene rings is 4. The highest BCUT2D eigenvalue weighted by Crippen LogP contribution is 2.58. The van der Waals surface area contributed by atoms with Gasteiger partial charge in [-0.05, 0) is 323 Å². The summed E-state index contributed by atoms with van der Waals surface area (Å²) >= 11 is 7.60. The van der Waals surface area contributed by atoms with Gasteiger partial charge in [0.15, 0.2) is 0 Å². The van der Waals surface area contributed by atoms with Crippen LogP contribution in [0.15, 0.2) is 413 Å². The molecular weight excluding hydrogens is 1870 g/mol. The Kier molecular flexibility index (Phi) is 21.8. The summed E-state index contributed by atoms with van der Waals surface area (Å²) < 4.78 is 10.6. The third-order valence-electron chi connectivity index (χ3n) is 31.5. The second-order valence-electron chi connectivity index (χ2n) is 40.5. The number of para-hydroxylation sites is 2. The average molecular weight is 1970 g/mol. The summed E-state index contributed by atoms with van der Waals surface area (Å²) in [5, 5.41) is 25.5. The third kappa shape index (κ3) is 14.4. The van der Waals surface area contributed by atoms with E-state index in [-0.39, 0.29) is 0 Å². The molecule has 0 aliphatic heterocycles. The van der Waals surface area contributed by atoms with E-state index in [9.17, 15) is 0 Å². The van der Waals surface area contributed by atoms with Gasteiger partial charge in [-0.15, -0.1) is 45.3 Å². The maximum atomic E-state index is 2.55. The molecule has 0 aliphatic rings. The van der Waals surface area contributed by atoms with Crippen LogP contribution in [0.1, 0.15) is 66.8 Å². The van der Waals surface area contributed by atoms with Crippen molar-refractivity contribution in [3.05, 3.63) is 479 Å². The van der Waals surface area contributed by atoms with Crippen molar-refractivity contribution in [3.63, 3.8) is 0 Å². The standard InChI is InChI=1S/2C70H52N2S2/c1-41-15-11-17-49(39-41)71(67-43(3)27-33-51(45(67)5)55-21-13-23-57-53-19-7-9-25-63(53)73-69(55)57)61-37-31-47-30-36-60-62(38-32-48-29-35-59(61)65(47)66(48)60)72(50-18-12-16-42(2)40-50)68-44(4)28-34-52(46(68)6)56-22-14-24-58-54-20-8-10-26-64(54)74-70(56)58;1-41-39-43(3)67(45(5)63(41)57-27-17-25-53-51-23-13-15-29-61(51)73-69(53)57)71(49-19-9-7-10-20-49)59-37-33-47-32-36-56-60(38-34-48-31-35-55(59)65(47)66(48)56)72(50-21-11-8-12-22-50)68-44(4)40-42(2)64(46(68)6)58-28-18-26-54-52-24-14-16-30-62(52)74-70(54)58/h2*7-40H,1-6H3. The molecule has 28 rings (SSSR count). The van der Waals surface area contributed by atoms with Gasteiger partial charge in [-0.3, -0.25) is 0 Å². The van der Waals surface area contributed by atoms with Crippen LogP contribution >= 0.6 is 45.3 Å². The van der Waals surface area contributed by atoms with Crippen LogP contribution in [0.4, 0.5) is 68.2 Å². The topological polar surface area (TPSA) is 13.0 Å². The number of fused-ring (bicyclic) bond motifs is 12. The Bertz CT molecular complexity index is 9740. The Balaban J connectivity index is 0.000000146. The van der Waals surface area contributed by atoms with E-state index in [0.717, 1.165) is 45.5 Å². The molecule has 0 spiro atoms. The Labute approximate surface area is 878 Å². The van der Waals surface area contributed by atoms with Gasteiger partial charge < -0.3 is 19.6 Å². The van der Waals surface area contributed by atoms with E-state index in [0.29, 0.717) is 0 Å². The zero-order chi connectivity index (χ0) is 99.9. The zero-order valence-corrected chi connectivity index (χ0v) is 87.9. The molecule has 28 aromatic rings. The summed E-state index contributed by atoms with van der Waals surface area (Å²) in [6.45, 7) is 27.5. The smallest absolute Gasteiger partial charge is 0.0540 e. The van der Waals surface area contributed by atoms with E-state index in [2.05, 4.69) is 515 Å². The predicted octanol–water partition coefficient (Wildman–Crippen LogP) is 42.9. The Hall–Kier alpha value is -16.6. The SMILES string of the molecule is Cc1cc(C)c(N(c2ccccc2)c2ccc3ccc4c(N(c5ccccc5)c5c(C)cc(C)c(-c6cccc7c6sc6ccccc67)c5C)ccc5ccc2c3c54)c(C)c1-c1cccc2c1sc1ccccc12.Cc1cccc(N(c2c(C)ccc(-c3cccc4c3sc3ccccc34)c2C)c2ccc3ccc4c(N(c5cccc(C)c5)c5c(C)ccc(-c6cccc7c6sc6ccccc67)c5C)ccc5ccc2c3c54)c1. The summed E-state index contributed by atoms with van der Waals surface area (Å²) in [7, 11) is 0. The van der Waals surface area contributed by atoms with Crippen LogP contribution in [0, 0.1) is 83.1 Å². The second-order valence-corrected chi connectivity index (χ2v) is 44.7. The molecule has 0 radical (unpaired) electrons.